The quantitative estimate of drug-likeness (QED) is 0.595. The van der Waals surface area contributed by atoms with Crippen molar-refractivity contribution in [3.05, 3.63) is 12.2 Å². The first-order valence-electron chi connectivity index (χ1n) is 8.75. The fourth-order valence-corrected chi connectivity index (χ4v) is 3.02. The van der Waals surface area contributed by atoms with Gasteiger partial charge in [0.05, 0.1) is 6.10 Å². The first-order valence-corrected chi connectivity index (χ1v) is 8.75. The Morgan fingerprint density at radius 2 is 1.80 bits per heavy atom. The lowest BCUT2D eigenvalue weighted by atomic mass is 9.76. The molecule has 20 heavy (non-hydrogen) atoms. The third-order valence-electron chi connectivity index (χ3n) is 4.77. The van der Waals surface area contributed by atoms with E-state index in [2.05, 4.69) is 41.2 Å². The molecule has 1 aliphatic rings. The molecule has 0 saturated heterocycles. The van der Waals surface area contributed by atoms with Crippen LogP contribution in [-0.4, -0.2) is 11.2 Å². The highest BCUT2D eigenvalue weighted by molar-refractivity contribution is 4.94. The third kappa shape index (κ3) is 8.79. The molecule has 4 unspecified atom stereocenters. The third-order valence-corrected chi connectivity index (χ3v) is 4.77. The maximum absolute atomic E-state index is 9.65. The molecule has 0 heterocycles. The Labute approximate surface area is 127 Å². The van der Waals surface area contributed by atoms with Gasteiger partial charge in [0, 0.05) is 0 Å². The molecule has 0 aromatic rings. The molecule has 1 heteroatoms. The molecular weight excluding hydrogens is 244 g/mol. The molecular formula is C19H38O. The van der Waals surface area contributed by atoms with Crippen molar-refractivity contribution in [2.75, 3.05) is 0 Å². The minimum Gasteiger partial charge on any atom is -0.393 e. The maximum Gasteiger partial charge on any atom is 0.0543 e. The number of hydrogen-bond acceptors (Lipinski definition) is 1. The van der Waals surface area contributed by atoms with Gasteiger partial charge in [-0.3, -0.25) is 0 Å². The van der Waals surface area contributed by atoms with Gasteiger partial charge in [-0.25, -0.2) is 0 Å². The fourth-order valence-electron chi connectivity index (χ4n) is 3.02. The normalized spacial score (nSPS) is 25.3. The van der Waals surface area contributed by atoms with Crippen molar-refractivity contribution in [2.45, 2.75) is 92.1 Å². The second kappa shape index (κ2) is 11.4. The molecule has 0 bridgehead atoms. The minimum atomic E-state index is -0.0358. The molecule has 4 atom stereocenters. The van der Waals surface area contributed by atoms with E-state index in [9.17, 15) is 5.11 Å². The molecule has 1 fully saturated rings. The first-order chi connectivity index (χ1) is 9.42. The first kappa shape index (κ1) is 19.7. The Kier molecular flexibility index (Phi) is 11.2. The smallest absolute Gasteiger partial charge is 0.0543 e. The maximum atomic E-state index is 9.65. The Morgan fingerprint density at radius 3 is 2.20 bits per heavy atom. The van der Waals surface area contributed by atoms with Crippen LogP contribution in [0.1, 0.15) is 86.0 Å². The van der Waals surface area contributed by atoms with Gasteiger partial charge in [0.2, 0.25) is 0 Å². The van der Waals surface area contributed by atoms with E-state index in [1.165, 1.54) is 44.1 Å². The SMILES string of the molecule is C=C(C)C(C)CC(C)C1CCCC(O)C1.CCCCC. The predicted molar refractivity (Wildman–Crippen MR) is 90.9 cm³/mol. The van der Waals surface area contributed by atoms with Gasteiger partial charge in [0.1, 0.15) is 0 Å². The average Bonchev–Trinajstić information content (AvgIpc) is 2.40. The largest absolute Gasteiger partial charge is 0.393 e. The molecule has 0 amide bonds. The van der Waals surface area contributed by atoms with E-state index >= 15 is 0 Å². The summed E-state index contributed by atoms with van der Waals surface area (Å²) in [5, 5.41) is 9.65. The Morgan fingerprint density at radius 1 is 1.20 bits per heavy atom. The summed E-state index contributed by atoms with van der Waals surface area (Å²) in [5.41, 5.74) is 1.29. The summed E-state index contributed by atoms with van der Waals surface area (Å²) in [7, 11) is 0. The molecule has 1 nitrogen and oxygen atoms in total. The van der Waals surface area contributed by atoms with Gasteiger partial charge in [-0.05, 0) is 43.9 Å². The van der Waals surface area contributed by atoms with Crippen molar-refractivity contribution < 1.29 is 5.11 Å². The highest BCUT2D eigenvalue weighted by Gasteiger charge is 2.25. The average molecular weight is 283 g/mol. The van der Waals surface area contributed by atoms with Crippen molar-refractivity contribution in [1.29, 1.82) is 0 Å². The monoisotopic (exact) mass is 282 g/mol. The summed E-state index contributed by atoms with van der Waals surface area (Å²) in [6.45, 7) is 15.2. The van der Waals surface area contributed by atoms with E-state index in [1.807, 2.05) is 0 Å². The molecule has 0 spiro atoms. The molecule has 1 aliphatic carbocycles. The van der Waals surface area contributed by atoms with Crippen molar-refractivity contribution >= 4 is 0 Å². The molecule has 1 rings (SSSR count). The highest BCUT2D eigenvalue weighted by atomic mass is 16.3. The van der Waals surface area contributed by atoms with E-state index in [4.69, 9.17) is 0 Å². The van der Waals surface area contributed by atoms with E-state index in [0.29, 0.717) is 5.92 Å². The zero-order valence-electron chi connectivity index (χ0n) is 14.6. The molecule has 1 N–H and O–H groups in total. The molecule has 1 saturated carbocycles. The zero-order chi connectivity index (χ0) is 15.5. The number of hydrogen-bond donors (Lipinski definition) is 1. The topological polar surface area (TPSA) is 20.2 Å². The Bertz CT molecular complexity index is 244. The standard InChI is InChI=1S/C14H26O.C5H12/c1-10(2)11(3)8-12(4)13-6-5-7-14(15)9-13;1-3-5-4-2/h11-15H,1,5-9H2,2-4H3;3-5H2,1-2H3. The van der Waals surface area contributed by atoms with Crippen LogP contribution in [0, 0.1) is 17.8 Å². The predicted octanol–water partition coefficient (Wildman–Crippen LogP) is 5.97. The summed E-state index contributed by atoms with van der Waals surface area (Å²) < 4.78 is 0. The van der Waals surface area contributed by atoms with Crippen LogP contribution in [-0.2, 0) is 0 Å². The lowest BCUT2D eigenvalue weighted by Crippen LogP contribution is -2.25. The highest BCUT2D eigenvalue weighted by Crippen LogP contribution is 2.34. The molecule has 0 aromatic carbocycles. The van der Waals surface area contributed by atoms with Crippen LogP contribution >= 0.6 is 0 Å². The lowest BCUT2D eigenvalue weighted by Gasteiger charge is -2.32. The van der Waals surface area contributed by atoms with Gasteiger partial charge in [-0.1, -0.05) is 72.0 Å². The number of aliphatic hydroxyl groups is 1. The molecule has 120 valence electrons. The van der Waals surface area contributed by atoms with Crippen molar-refractivity contribution in [1.82, 2.24) is 0 Å². The van der Waals surface area contributed by atoms with Gasteiger partial charge in [0.25, 0.3) is 0 Å². The molecule has 0 radical (unpaired) electrons. The van der Waals surface area contributed by atoms with Crippen molar-refractivity contribution in [3.8, 4) is 0 Å². The van der Waals surface area contributed by atoms with Gasteiger partial charge in [-0.15, -0.1) is 0 Å². The van der Waals surface area contributed by atoms with Crippen LogP contribution < -0.4 is 0 Å². The van der Waals surface area contributed by atoms with Gasteiger partial charge < -0.3 is 5.11 Å². The Balaban J connectivity index is 0.000000621. The number of aliphatic hydroxyl groups excluding tert-OH is 1. The summed E-state index contributed by atoms with van der Waals surface area (Å²) in [4.78, 5) is 0. The lowest BCUT2D eigenvalue weighted by molar-refractivity contribution is 0.0788. The summed E-state index contributed by atoms with van der Waals surface area (Å²) in [6, 6.07) is 0. The number of rotatable bonds is 6. The molecule has 0 aliphatic heterocycles. The number of allylic oxidation sites excluding steroid dienone is 1. The van der Waals surface area contributed by atoms with Crippen LogP contribution in [0.2, 0.25) is 0 Å². The summed E-state index contributed by atoms with van der Waals surface area (Å²) in [6.07, 6.45) is 9.81. The second-order valence-electron chi connectivity index (χ2n) is 6.89. The van der Waals surface area contributed by atoms with E-state index in [-0.39, 0.29) is 6.10 Å². The van der Waals surface area contributed by atoms with Crippen molar-refractivity contribution in [2.24, 2.45) is 17.8 Å². The Hall–Kier alpha value is -0.300. The summed E-state index contributed by atoms with van der Waals surface area (Å²) >= 11 is 0. The second-order valence-corrected chi connectivity index (χ2v) is 6.89. The van der Waals surface area contributed by atoms with E-state index < -0.39 is 0 Å². The summed E-state index contributed by atoms with van der Waals surface area (Å²) in [5.74, 6) is 2.08. The van der Waals surface area contributed by atoms with Crippen LogP contribution in [0.5, 0.6) is 0 Å². The van der Waals surface area contributed by atoms with Crippen LogP contribution in [0.25, 0.3) is 0 Å². The van der Waals surface area contributed by atoms with Crippen LogP contribution in [0.3, 0.4) is 0 Å². The van der Waals surface area contributed by atoms with Crippen LogP contribution in [0.15, 0.2) is 12.2 Å². The van der Waals surface area contributed by atoms with Gasteiger partial charge in [-0.2, -0.15) is 0 Å². The zero-order valence-corrected chi connectivity index (χ0v) is 14.6. The van der Waals surface area contributed by atoms with E-state index in [1.54, 1.807) is 0 Å². The van der Waals surface area contributed by atoms with E-state index in [0.717, 1.165) is 24.7 Å². The number of unbranched alkanes of at least 4 members (excludes halogenated alkanes) is 2. The fraction of sp³-hybridized carbons (Fsp3) is 0.895. The van der Waals surface area contributed by atoms with Crippen LogP contribution in [0.4, 0.5) is 0 Å². The molecule has 0 aromatic heterocycles. The van der Waals surface area contributed by atoms with Gasteiger partial charge in [0.15, 0.2) is 0 Å². The minimum absolute atomic E-state index is 0.0358. The van der Waals surface area contributed by atoms with Gasteiger partial charge >= 0.3 is 0 Å². The van der Waals surface area contributed by atoms with Crippen molar-refractivity contribution in [3.63, 3.8) is 0 Å².